The molecule has 0 unspecified atom stereocenters. The van der Waals surface area contributed by atoms with Crippen molar-refractivity contribution < 1.29 is 0 Å². The molecule has 0 radical (unpaired) electrons. The molecule has 2 aromatic heterocycles. The van der Waals surface area contributed by atoms with Crippen molar-refractivity contribution in [1.29, 1.82) is 0 Å². The molecule has 0 saturated carbocycles. The van der Waals surface area contributed by atoms with Crippen LogP contribution in [0.2, 0.25) is 0 Å². The maximum atomic E-state index is 4.75. The normalized spacial score (nSPS) is 11.0. The third-order valence-corrected chi connectivity index (χ3v) is 3.97. The molecule has 23 heavy (non-hydrogen) atoms. The SMILES string of the molecule is Cc1nc2nc(-c3ccccc3)c(-c3ccccc3)n2nc1C. The summed E-state index contributed by atoms with van der Waals surface area (Å²) in [6, 6.07) is 20.4. The van der Waals surface area contributed by atoms with E-state index in [-0.39, 0.29) is 0 Å². The minimum absolute atomic E-state index is 0.630. The molecule has 4 heteroatoms. The third-order valence-electron chi connectivity index (χ3n) is 3.97. The highest BCUT2D eigenvalue weighted by Gasteiger charge is 2.18. The average Bonchev–Trinajstić information content (AvgIpc) is 2.95. The second kappa shape index (κ2) is 5.32. The molecule has 0 spiro atoms. The zero-order chi connectivity index (χ0) is 15.8. The van der Waals surface area contributed by atoms with Gasteiger partial charge in [-0.05, 0) is 13.8 Å². The van der Waals surface area contributed by atoms with Crippen LogP contribution in [0.5, 0.6) is 0 Å². The topological polar surface area (TPSA) is 43.1 Å². The van der Waals surface area contributed by atoms with Crippen molar-refractivity contribution in [2.45, 2.75) is 13.8 Å². The second-order valence-corrected chi connectivity index (χ2v) is 5.54. The second-order valence-electron chi connectivity index (χ2n) is 5.54. The summed E-state index contributed by atoms with van der Waals surface area (Å²) in [5.74, 6) is 0.630. The van der Waals surface area contributed by atoms with E-state index in [2.05, 4.69) is 34.3 Å². The summed E-state index contributed by atoms with van der Waals surface area (Å²) in [6.45, 7) is 3.93. The highest BCUT2D eigenvalue weighted by Crippen LogP contribution is 2.31. The molecular formula is C19H16N4. The summed E-state index contributed by atoms with van der Waals surface area (Å²) >= 11 is 0. The number of aromatic nitrogens is 4. The van der Waals surface area contributed by atoms with Crippen LogP contribution in [-0.2, 0) is 0 Å². The lowest BCUT2D eigenvalue weighted by Crippen LogP contribution is -2.02. The van der Waals surface area contributed by atoms with Crippen molar-refractivity contribution in [2.24, 2.45) is 0 Å². The minimum atomic E-state index is 0.630. The molecular weight excluding hydrogens is 284 g/mol. The van der Waals surface area contributed by atoms with Gasteiger partial charge in [-0.15, -0.1) is 0 Å². The van der Waals surface area contributed by atoms with E-state index < -0.39 is 0 Å². The molecule has 112 valence electrons. The van der Waals surface area contributed by atoms with Crippen LogP contribution in [0.4, 0.5) is 0 Å². The monoisotopic (exact) mass is 300 g/mol. The van der Waals surface area contributed by atoms with Gasteiger partial charge in [-0.25, -0.2) is 9.97 Å². The van der Waals surface area contributed by atoms with E-state index in [9.17, 15) is 0 Å². The Labute approximate surface area is 134 Å². The van der Waals surface area contributed by atoms with Gasteiger partial charge in [-0.1, -0.05) is 60.7 Å². The van der Waals surface area contributed by atoms with Gasteiger partial charge in [-0.3, -0.25) is 0 Å². The Morgan fingerprint density at radius 1 is 0.696 bits per heavy atom. The molecule has 4 aromatic rings. The Kier molecular flexibility index (Phi) is 3.15. The molecule has 0 saturated heterocycles. The fourth-order valence-corrected chi connectivity index (χ4v) is 2.67. The molecule has 0 aliphatic rings. The summed E-state index contributed by atoms with van der Waals surface area (Å²) < 4.78 is 1.85. The first-order valence-corrected chi connectivity index (χ1v) is 7.59. The van der Waals surface area contributed by atoms with E-state index in [4.69, 9.17) is 4.98 Å². The van der Waals surface area contributed by atoms with Gasteiger partial charge in [0.05, 0.1) is 11.4 Å². The van der Waals surface area contributed by atoms with Crippen molar-refractivity contribution in [1.82, 2.24) is 19.6 Å². The summed E-state index contributed by atoms with van der Waals surface area (Å²) in [4.78, 5) is 9.35. The van der Waals surface area contributed by atoms with Gasteiger partial charge in [0.15, 0.2) is 0 Å². The van der Waals surface area contributed by atoms with Crippen LogP contribution >= 0.6 is 0 Å². The number of hydrogen-bond donors (Lipinski definition) is 0. The third kappa shape index (κ3) is 2.28. The smallest absolute Gasteiger partial charge is 0.215 e. The molecule has 0 atom stereocenters. The number of nitrogens with zero attached hydrogens (tertiary/aromatic N) is 4. The van der Waals surface area contributed by atoms with Gasteiger partial charge in [0.1, 0.15) is 11.4 Å². The van der Waals surface area contributed by atoms with Gasteiger partial charge >= 0.3 is 0 Å². The van der Waals surface area contributed by atoms with Crippen molar-refractivity contribution >= 4 is 5.78 Å². The molecule has 0 amide bonds. The van der Waals surface area contributed by atoms with E-state index in [0.29, 0.717) is 5.78 Å². The Hall–Kier alpha value is -3.01. The minimum Gasteiger partial charge on any atom is -0.215 e. The van der Waals surface area contributed by atoms with E-state index in [1.165, 1.54) is 0 Å². The molecule has 2 heterocycles. The molecule has 0 bridgehead atoms. The molecule has 4 nitrogen and oxygen atoms in total. The summed E-state index contributed by atoms with van der Waals surface area (Å²) in [5, 5.41) is 4.69. The fraction of sp³-hybridized carbons (Fsp3) is 0.105. The summed E-state index contributed by atoms with van der Waals surface area (Å²) in [5.41, 5.74) is 5.84. The largest absolute Gasteiger partial charge is 0.252 e. The van der Waals surface area contributed by atoms with Crippen molar-refractivity contribution in [3.05, 3.63) is 72.1 Å². The first-order valence-electron chi connectivity index (χ1n) is 7.59. The van der Waals surface area contributed by atoms with Crippen molar-refractivity contribution in [2.75, 3.05) is 0 Å². The van der Waals surface area contributed by atoms with Crippen LogP contribution in [0.1, 0.15) is 11.4 Å². The van der Waals surface area contributed by atoms with Crippen LogP contribution in [-0.4, -0.2) is 19.6 Å². The molecule has 2 aromatic carbocycles. The van der Waals surface area contributed by atoms with Crippen LogP contribution in [0.25, 0.3) is 28.3 Å². The van der Waals surface area contributed by atoms with Gasteiger partial charge in [0, 0.05) is 11.1 Å². The van der Waals surface area contributed by atoms with Crippen molar-refractivity contribution in [3.8, 4) is 22.5 Å². The fourth-order valence-electron chi connectivity index (χ4n) is 2.67. The maximum absolute atomic E-state index is 4.75. The number of imidazole rings is 1. The number of hydrogen-bond acceptors (Lipinski definition) is 3. The predicted molar refractivity (Wildman–Crippen MR) is 91.1 cm³/mol. The van der Waals surface area contributed by atoms with E-state index >= 15 is 0 Å². The number of fused-ring (bicyclic) bond motifs is 1. The molecule has 0 aliphatic heterocycles. The first-order chi connectivity index (χ1) is 11.2. The lowest BCUT2D eigenvalue weighted by molar-refractivity contribution is 0.854. The van der Waals surface area contributed by atoms with Gasteiger partial charge in [-0.2, -0.15) is 9.61 Å². The van der Waals surface area contributed by atoms with E-state index in [0.717, 1.165) is 33.9 Å². The Morgan fingerprint density at radius 3 is 1.96 bits per heavy atom. The molecule has 0 fully saturated rings. The molecule has 0 N–H and O–H groups in total. The Morgan fingerprint density at radius 2 is 1.30 bits per heavy atom. The van der Waals surface area contributed by atoms with Crippen LogP contribution < -0.4 is 0 Å². The maximum Gasteiger partial charge on any atom is 0.252 e. The summed E-state index contributed by atoms with van der Waals surface area (Å²) in [7, 11) is 0. The summed E-state index contributed by atoms with van der Waals surface area (Å²) in [6.07, 6.45) is 0. The molecule has 4 rings (SSSR count). The van der Waals surface area contributed by atoms with E-state index in [1.807, 2.05) is 54.8 Å². The quantitative estimate of drug-likeness (QED) is 0.560. The standard InChI is InChI=1S/C19H16N4/c1-13-14(2)22-23-18(16-11-7-4-8-12-16)17(21-19(23)20-13)15-9-5-3-6-10-15/h3-12H,1-2H3. The van der Waals surface area contributed by atoms with Crippen molar-refractivity contribution in [3.63, 3.8) is 0 Å². The lowest BCUT2D eigenvalue weighted by Gasteiger charge is -2.05. The van der Waals surface area contributed by atoms with Gasteiger partial charge in [0.2, 0.25) is 0 Å². The van der Waals surface area contributed by atoms with Crippen LogP contribution in [0.3, 0.4) is 0 Å². The van der Waals surface area contributed by atoms with Gasteiger partial charge in [0.25, 0.3) is 5.78 Å². The van der Waals surface area contributed by atoms with E-state index in [1.54, 1.807) is 0 Å². The van der Waals surface area contributed by atoms with Crippen LogP contribution in [0.15, 0.2) is 60.7 Å². The average molecular weight is 300 g/mol. The highest BCUT2D eigenvalue weighted by atomic mass is 15.3. The predicted octanol–water partition coefficient (Wildman–Crippen LogP) is 4.08. The highest BCUT2D eigenvalue weighted by molar-refractivity contribution is 5.80. The Balaban J connectivity index is 2.09. The Bertz CT molecular complexity index is 973. The number of benzene rings is 2. The zero-order valence-corrected chi connectivity index (χ0v) is 13.1. The zero-order valence-electron chi connectivity index (χ0n) is 13.1. The molecule has 0 aliphatic carbocycles. The first kappa shape index (κ1) is 13.6. The van der Waals surface area contributed by atoms with Gasteiger partial charge < -0.3 is 0 Å². The number of rotatable bonds is 2. The van der Waals surface area contributed by atoms with Crippen LogP contribution in [0, 0.1) is 13.8 Å². The lowest BCUT2D eigenvalue weighted by atomic mass is 10.1. The number of aryl methyl sites for hydroxylation is 2.